The third kappa shape index (κ3) is 8.58. The van der Waals surface area contributed by atoms with E-state index in [1.807, 2.05) is 0 Å². The third-order valence-corrected chi connectivity index (χ3v) is 6.56. The Kier molecular flexibility index (Phi) is 10.6. The fraction of sp³-hybridized carbons (Fsp3) is 0.833. The van der Waals surface area contributed by atoms with Crippen LogP contribution in [0.3, 0.4) is 0 Å². The van der Waals surface area contributed by atoms with E-state index in [0.29, 0.717) is 6.10 Å². The summed E-state index contributed by atoms with van der Waals surface area (Å²) in [5.74, 6) is 3.01. The largest absolute Gasteiger partial charge is 0.378 e. The van der Waals surface area contributed by atoms with Crippen molar-refractivity contribution in [2.45, 2.75) is 103 Å². The first-order valence-electron chi connectivity index (χ1n) is 11.2. The van der Waals surface area contributed by atoms with Crippen LogP contribution in [-0.4, -0.2) is 12.7 Å². The van der Waals surface area contributed by atoms with Gasteiger partial charge in [-0.3, -0.25) is 0 Å². The van der Waals surface area contributed by atoms with Crippen molar-refractivity contribution < 1.29 is 4.74 Å². The van der Waals surface area contributed by atoms with E-state index < -0.39 is 0 Å². The van der Waals surface area contributed by atoms with Crippen molar-refractivity contribution in [1.29, 1.82) is 0 Å². The summed E-state index contributed by atoms with van der Waals surface area (Å²) in [4.78, 5) is 0. The van der Waals surface area contributed by atoms with Gasteiger partial charge < -0.3 is 4.74 Å². The molecule has 2 saturated carbocycles. The average Bonchev–Trinajstić information content (AvgIpc) is 2.66. The number of hydrogen-bond donors (Lipinski definition) is 0. The van der Waals surface area contributed by atoms with Gasteiger partial charge in [0.15, 0.2) is 0 Å². The summed E-state index contributed by atoms with van der Waals surface area (Å²) in [7, 11) is 0. The van der Waals surface area contributed by atoms with E-state index in [1.54, 1.807) is 0 Å². The van der Waals surface area contributed by atoms with Crippen LogP contribution in [0.15, 0.2) is 24.8 Å². The normalized spacial score (nSPS) is 30.6. The first kappa shape index (κ1) is 20.7. The molecule has 2 aliphatic carbocycles. The summed E-state index contributed by atoms with van der Waals surface area (Å²) in [5, 5.41) is 0. The molecule has 0 spiro atoms. The summed E-state index contributed by atoms with van der Waals surface area (Å²) >= 11 is 0. The van der Waals surface area contributed by atoms with Crippen LogP contribution >= 0.6 is 0 Å². The van der Waals surface area contributed by atoms with E-state index in [0.717, 1.165) is 37.2 Å². The SMILES string of the molecule is C=CCC[C@H]1CC[C@H](CC[C@H]2CC[C@H](OCC/C=C\CC)CC2)CC1. The lowest BCUT2D eigenvalue weighted by molar-refractivity contribution is 0.0188. The van der Waals surface area contributed by atoms with Crippen LogP contribution in [0.4, 0.5) is 0 Å². The van der Waals surface area contributed by atoms with Gasteiger partial charge in [0.1, 0.15) is 0 Å². The van der Waals surface area contributed by atoms with Crippen LogP contribution in [-0.2, 0) is 4.74 Å². The van der Waals surface area contributed by atoms with Crippen molar-refractivity contribution in [2.24, 2.45) is 17.8 Å². The molecule has 1 heteroatoms. The minimum absolute atomic E-state index is 0.548. The zero-order valence-corrected chi connectivity index (χ0v) is 16.8. The molecule has 144 valence electrons. The fourth-order valence-corrected chi connectivity index (χ4v) is 4.81. The number of rotatable bonds is 11. The quantitative estimate of drug-likeness (QED) is 0.278. The van der Waals surface area contributed by atoms with E-state index in [4.69, 9.17) is 4.74 Å². The predicted molar refractivity (Wildman–Crippen MR) is 110 cm³/mol. The Balaban J connectivity index is 1.50. The predicted octanol–water partition coefficient (Wildman–Crippen LogP) is 7.47. The molecule has 0 bridgehead atoms. The minimum atomic E-state index is 0.548. The maximum atomic E-state index is 6.06. The molecule has 0 heterocycles. The summed E-state index contributed by atoms with van der Waals surface area (Å²) in [6.45, 7) is 6.97. The van der Waals surface area contributed by atoms with Gasteiger partial charge in [0.05, 0.1) is 12.7 Å². The van der Waals surface area contributed by atoms with Gasteiger partial charge in [0, 0.05) is 0 Å². The maximum Gasteiger partial charge on any atom is 0.0575 e. The van der Waals surface area contributed by atoms with Gasteiger partial charge in [0.2, 0.25) is 0 Å². The molecule has 0 amide bonds. The second-order valence-electron chi connectivity index (χ2n) is 8.51. The molecule has 2 fully saturated rings. The van der Waals surface area contributed by atoms with E-state index in [2.05, 4.69) is 31.7 Å². The molecule has 0 N–H and O–H groups in total. The van der Waals surface area contributed by atoms with Gasteiger partial charge >= 0.3 is 0 Å². The Morgan fingerprint density at radius 2 is 1.32 bits per heavy atom. The van der Waals surface area contributed by atoms with Crippen LogP contribution in [0.5, 0.6) is 0 Å². The molecule has 0 saturated heterocycles. The highest BCUT2D eigenvalue weighted by molar-refractivity contribution is 4.81. The lowest BCUT2D eigenvalue weighted by Crippen LogP contribution is -2.23. The van der Waals surface area contributed by atoms with E-state index in [9.17, 15) is 0 Å². The van der Waals surface area contributed by atoms with Crippen LogP contribution in [0.25, 0.3) is 0 Å². The Labute approximate surface area is 157 Å². The summed E-state index contributed by atoms with van der Waals surface area (Å²) in [6, 6.07) is 0. The van der Waals surface area contributed by atoms with E-state index >= 15 is 0 Å². The highest BCUT2D eigenvalue weighted by Gasteiger charge is 2.24. The summed E-state index contributed by atoms with van der Waals surface area (Å²) in [6.07, 6.45) is 26.3. The number of allylic oxidation sites excluding steroid dienone is 2. The third-order valence-electron chi connectivity index (χ3n) is 6.56. The number of ether oxygens (including phenoxy) is 1. The minimum Gasteiger partial charge on any atom is -0.378 e. The van der Waals surface area contributed by atoms with Gasteiger partial charge in [-0.2, -0.15) is 0 Å². The topological polar surface area (TPSA) is 9.23 Å². The first-order valence-corrected chi connectivity index (χ1v) is 11.2. The molecule has 0 aromatic rings. The molecule has 0 aliphatic heterocycles. The van der Waals surface area contributed by atoms with Crippen molar-refractivity contribution in [3.05, 3.63) is 24.8 Å². The second kappa shape index (κ2) is 12.7. The second-order valence-corrected chi connectivity index (χ2v) is 8.51. The molecule has 1 nitrogen and oxygen atoms in total. The van der Waals surface area contributed by atoms with Crippen LogP contribution in [0, 0.1) is 17.8 Å². The lowest BCUT2D eigenvalue weighted by Gasteiger charge is -2.32. The molecule has 0 radical (unpaired) electrons. The van der Waals surface area contributed by atoms with E-state index in [1.165, 1.54) is 77.0 Å². The molecule has 2 rings (SSSR count). The molecule has 2 aliphatic rings. The average molecular weight is 347 g/mol. The monoisotopic (exact) mass is 346 g/mol. The molecule has 0 aromatic carbocycles. The Bertz CT molecular complexity index is 356. The summed E-state index contributed by atoms with van der Waals surface area (Å²) < 4.78 is 6.06. The molecular formula is C24H42O. The van der Waals surface area contributed by atoms with Gasteiger partial charge in [0.25, 0.3) is 0 Å². The van der Waals surface area contributed by atoms with Crippen molar-refractivity contribution in [3.63, 3.8) is 0 Å². The van der Waals surface area contributed by atoms with Gasteiger partial charge in [-0.25, -0.2) is 0 Å². The van der Waals surface area contributed by atoms with Crippen molar-refractivity contribution >= 4 is 0 Å². The summed E-state index contributed by atoms with van der Waals surface area (Å²) in [5.41, 5.74) is 0. The molecule has 0 aromatic heterocycles. The van der Waals surface area contributed by atoms with Crippen molar-refractivity contribution in [1.82, 2.24) is 0 Å². The number of hydrogen-bond acceptors (Lipinski definition) is 1. The van der Waals surface area contributed by atoms with Gasteiger partial charge in [-0.05, 0) is 69.1 Å². The van der Waals surface area contributed by atoms with Crippen molar-refractivity contribution in [2.75, 3.05) is 6.61 Å². The van der Waals surface area contributed by atoms with Gasteiger partial charge in [-0.15, -0.1) is 6.58 Å². The first-order chi connectivity index (χ1) is 12.3. The Morgan fingerprint density at radius 3 is 1.88 bits per heavy atom. The zero-order valence-electron chi connectivity index (χ0n) is 16.8. The Morgan fingerprint density at radius 1 is 0.760 bits per heavy atom. The van der Waals surface area contributed by atoms with Crippen LogP contribution < -0.4 is 0 Å². The smallest absolute Gasteiger partial charge is 0.0575 e. The standard InChI is InChI=1S/C24H42O/c1-3-5-7-8-20-25-24-18-16-23(17-19-24)15-14-22-12-10-21(11-13-22)9-6-4-2/h4-5,7,21-24H,2-3,6,8-20H2,1H3/b7-5-/t21-,22-,23-,24-. The van der Waals surface area contributed by atoms with Crippen LogP contribution in [0.2, 0.25) is 0 Å². The fourth-order valence-electron chi connectivity index (χ4n) is 4.81. The molecule has 0 atom stereocenters. The molecule has 25 heavy (non-hydrogen) atoms. The van der Waals surface area contributed by atoms with E-state index in [-0.39, 0.29) is 0 Å². The van der Waals surface area contributed by atoms with Crippen LogP contribution in [0.1, 0.15) is 96.8 Å². The molecule has 0 unspecified atom stereocenters. The lowest BCUT2D eigenvalue weighted by atomic mass is 9.76. The zero-order chi connectivity index (χ0) is 17.7. The van der Waals surface area contributed by atoms with Crippen molar-refractivity contribution in [3.8, 4) is 0 Å². The molecular weight excluding hydrogens is 304 g/mol. The highest BCUT2D eigenvalue weighted by atomic mass is 16.5. The Hall–Kier alpha value is -0.560. The highest BCUT2D eigenvalue weighted by Crippen LogP contribution is 2.37. The van der Waals surface area contributed by atoms with Gasteiger partial charge in [-0.1, -0.05) is 63.7 Å². The maximum absolute atomic E-state index is 6.06.